The Bertz CT molecular complexity index is 599. The van der Waals surface area contributed by atoms with Crippen molar-refractivity contribution in [3.05, 3.63) is 29.5 Å². The van der Waals surface area contributed by atoms with E-state index >= 15 is 0 Å². The van der Waals surface area contributed by atoms with Crippen molar-refractivity contribution in [1.29, 1.82) is 0 Å². The molecular formula is C13H14N2O2. The first-order valence-electron chi connectivity index (χ1n) is 5.66. The Balaban J connectivity index is 2.23. The summed E-state index contributed by atoms with van der Waals surface area (Å²) in [6.07, 6.45) is 0.922. The van der Waals surface area contributed by atoms with Crippen molar-refractivity contribution in [2.75, 3.05) is 20.3 Å². The Kier molecular flexibility index (Phi) is 2.37. The van der Waals surface area contributed by atoms with Crippen LogP contribution in [-0.4, -0.2) is 36.1 Å². The number of hydrogen-bond donors (Lipinski definition) is 2. The van der Waals surface area contributed by atoms with Crippen molar-refractivity contribution in [2.45, 2.75) is 6.42 Å². The summed E-state index contributed by atoms with van der Waals surface area (Å²) in [6.45, 7) is 0.735. The minimum Gasteiger partial charge on any atom is -0.497 e. The molecular weight excluding hydrogens is 216 g/mol. The fourth-order valence-corrected chi connectivity index (χ4v) is 2.38. The topological polar surface area (TPSA) is 57.6 Å². The van der Waals surface area contributed by atoms with Crippen LogP contribution in [0.15, 0.2) is 23.2 Å². The number of hydrogen-bond acceptors (Lipinski definition) is 3. The van der Waals surface area contributed by atoms with Gasteiger partial charge in [0.25, 0.3) is 0 Å². The third-order valence-electron chi connectivity index (χ3n) is 3.22. The lowest BCUT2D eigenvalue weighted by molar-refractivity contribution is 0.357. The number of fused-ring (bicyclic) bond motifs is 3. The summed E-state index contributed by atoms with van der Waals surface area (Å²) in [6, 6.07) is 5.99. The van der Waals surface area contributed by atoms with E-state index in [1.54, 1.807) is 7.11 Å². The van der Waals surface area contributed by atoms with Crippen LogP contribution < -0.4 is 4.74 Å². The molecule has 2 N–H and O–H groups in total. The number of benzene rings is 1. The van der Waals surface area contributed by atoms with Gasteiger partial charge < -0.3 is 14.8 Å². The Hall–Kier alpha value is -1.81. The van der Waals surface area contributed by atoms with Gasteiger partial charge in [-0.25, -0.2) is 0 Å². The molecule has 4 nitrogen and oxygen atoms in total. The third-order valence-corrected chi connectivity index (χ3v) is 3.22. The number of rotatable bonds is 2. The average molecular weight is 230 g/mol. The van der Waals surface area contributed by atoms with Crippen molar-refractivity contribution in [3.8, 4) is 5.75 Å². The highest BCUT2D eigenvalue weighted by atomic mass is 16.5. The zero-order valence-corrected chi connectivity index (χ0v) is 9.66. The van der Waals surface area contributed by atoms with Gasteiger partial charge in [-0.15, -0.1) is 0 Å². The van der Waals surface area contributed by atoms with Crippen LogP contribution in [0.5, 0.6) is 5.75 Å². The molecule has 0 fully saturated rings. The number of nitrogens with zero attached hydrogens (tertiary/aromatic N) is 1. The molecule has 0 radical (unpaired) electrons. The van der Waals surface area contributed by atoms with Crippen LogP contribution in [-0.2, 0) is 6.42 Å². The molecule has 0 saturated carbocycles. The second-order valence-electron chi connectivity index (χ2n) is 4.13. The smallest absolute Gasteiger partial charge is 0.120 e. The van der Waals surface area contributed by atoms with Crippen LogP contribution in [0.3, 0.4) is 0 Å². The molecule has 0 unspecified atom stereocenters. The number of aromatic amines is 1. The second-order valence-corrected chi connectivity index (χ2v) is 4.13. The number of aliphatic hydroxyl groups excluding tert-OH is 1. The summed E-state index contributed by atoms with van der Waals surface area (Å²) in [4.78, 5) is 7.65. The third kappa shape index (κ3) is 1.52. The minimum absolute atomic E-state index is 0.0169. The monoisotopic (exact) mass is 230 g/mol. The predicted molar refractivity (Wildman–Crippen MR) is 67.0 cm³/mol. The highest BCUT2D eigenvalue weighted by Gasteiger charge is 2.18. The molecule has 1 aromatic carbocycles. The Morgan fingerprint density at radius 1 is 1.47 bits per heavy atom. The van der Waals surface area contributed by atoms with Crippen molar-refractivity contribution in [3.63, 3.8) is 0 Å². The van der Waals surface area contributed by atoms with Crippen LogP contribution in [0, 0.1) is 0 Å². The molecule has 4 heteroatoms. The first kappa shape index (κ1) is 10.4. The minimum atomic E-state index is -0.0169. The highest BCUT2D eigenvalue weighted by Crippen LogP contribution is 2.28. The van der Waals surface area contributed by atoms with Gasteiger partial charge in [0.15, 0.2) is 0 Å². The summed E-state index contributed by atoms with van der Waals surface area (Å²) in [5.74, 6) is 0.832. The fourth-order valence-electron chi connectivity index (χ4n) is 2.38. The maximum Gasteiger partial charge on any atom is 0.120 e. The molecule has 17 heavy (non-hydrogen) atoms. The van der Waals surface area contributed by atoms with E-state index in [1.807, 2.05) is 12.1 Å². The fraction of sp³-hybridized carbons (Fsp3) is 0.308. The number of aromatic nitrogens is 1. The van der Waals surface area contributed by atoms with E-state index in [0.717, 1.165) is 35.6 Å². The SMILES string of the molecule is COc1ccc2c3c([nH]c2c1)C(CO)=NCC3. The number of aliphatic hydroxyl groups is 1. The molecule has 1 aliphatic heterocycles. The zero-order chi connectivity index (χ0) is 11.8. The van der Waals surface area contributed by atoms with Gasteiger partial charge in [-0.2, -0.15) is 0 Å². The molecule has 0 saturated heterocycles. The largest absolute Gasteiger partial charge is 0.497 e. The molecule has 0 atom stereocenters. The molecule has 2 aromatic rings. The van der Waals surface area contributed by atoms with Crippen LogP contribution >= 0.6 is 0 Å². The number of aliphatic imine (C=N–C) groups is 1. The van der Waals surface area contributed by atoms with E-state index in [1.165, 1.54) is 10.9 Å². The zero-order valence-electron chi connectivity index (χ0n) is 9.66. The Labute approximate surface area is 98.9 Å². The lowest BCUT2D eigenvalue weighted by atomic mass is 10.0. The predicted octanol–water partition coefficient (Wildman–Crippen LogP) is 1.51. The van der Waals surface area contributed by atoms with E-state index in [4.69, 9.17) is 4.74 Å². The van der Waals surface area contributed by atoms with Crippen LogP contribution in [0.25, 0.3) is 10.9 Å². The van der Waals surface area contributed by atoms with Crippen LogP contribution in [0.2, 0.25) is 0 Å². The number of ether oxygens (including phenoxy) is 1. The molecule has 1 aliphatic rings. The summed E-state index contributed by atoms with van der Waals surface area (Å²) >= 11 is 0. The Morgan fingerprint density at radius 3 is 3.12 bits per heavy atom. The van der Waals surface area contributed by atoms with E-state index < -0.39 is 0 Å². The van der Waals surface area contributed by atoms with Gasteiger partial charge in [-0.3, -0.25) is 4.99 Å². The Morgan fingerprint density at radius 2 is 2.35 bits per heavy atom. The van der Waals surface area contributed by atoms with Crippen LogP contribution in [0.1, 0.15) is 11.3 Å². The molecule has 0 amide bonds. The normalized spacial score (nSPS) is 14.6. The first-order valence-corrected chi connectivity index (χ1v) is 5.66. The lowest BCUT2D eigenvalue weighted by Crippen LogP contribution is -2.15. The second kappa shape index (κ2) is 3.89. The van der Waals surface area contributed by atoms with Crippen molar-refractivity contribution in [2.24, 2.45) is 4.99 Å². The standard InChI is InChI=1S/C13H14N2O2/c1-17-8-2-3-9-10-4-5-14-12(7-16)13(10)15-11(9)6-8/h2-3,6,15-16H,4-5,7H2,1H3. The molecule has 2 heterocycles. The molecule has 0 bridgehead atoms. The summed E-state index contributed by atoms with van der Waals surface area (Å²) in [5.41, 5.74) is 4.02. The first-order chi connectivity index (χ1) is 8.33. The maximum absolute atomic E-state index is 9.29. The van der Waals surface area contributed by atoms with Crippen molar-refractivity contribution < 1.29 is 9.84 Å². The van der Waals surface area contributed by atoms with E-state index in [2.05, 4.69) is 16.0 Å². The molecule has 0 aliphatic carbocycles. The number of H-pyrrole nitrogens is 1. The van der Waals surface area contributed by atoms with E-state index in [-0.39, 0.29) is 6.61 Å². The molecule has 3 rings (SSSR count). The van der Waals surface area contributed by atoms with Gasteiger partial charge >= 0.3 is 0 Å². The van der Waals surface area contributed by atoms with Gasteiger partial charge in [0.2, 0.25) is 0 Å². The van der Waals surface area contributed by atoms with E-state index in [9.17, 15) is 5.11 Å². The average Bonchev–Trinajstić information content (AvgIpc) is 2.75. The summed E-state index contributed by atoms with van der Waals surface area (Å²) in [7, 11) is 1.66. The van der Waals surface area contributed by atoms with Gasteiger partial charge in [0.1, 0.15) is 5.75 Å². The van der Waals surface area contributed by atoms with Gasteiger partial charge in [-0.1, -0.05) is 0 Å². The van der Waals surface area contributed by atoms with Gasteiger partial charge in [0, 0.05) is 23.5 Å². The molecule has 88 valence electrons. The summed E-state index contributed by atoms with van der Waals surface area (Å²) in [5, 5.41) is 10.5. The van der Waals surface area contributed by atoms with Crippen molar-refractivity contribution >= 4 is 16.6 Å². The summed E-state index contributed by atoms with van der Waals surface area (Å²) < 4.78 is 5.21. The number of methoxy groups -OCH3 is 1. The molecule has 1 aromatic heterocycles. The van der Waals surface area contributed by atoms with E-state index in [0.29, 0.717) is 0 Å². The highest BCUT2D eigenvalue weighted by molar-refractivity contribution is 6.06. The maximum atomic E-state index is 9.29. The van der Waals surface area contributed by atoms with Crippen molar-refractivity contribution in [1.82, 2.24) is 4.98 Å². The quantitative estimate of drug-likeness (QED) is 0.821. The lowest BCUT2D eigenvalue weighted by Gasteiger charge is -2.10. The molecule has 0 spiro atoms. The van der Waals surface area contributed by atoms with Crippen LogP contribution in [0.4, 0.5) is 0 Å². The van der Waals surface area contributed by atoms with Gasteiger partial charge in [0.05, 0.1) is 25.1 Å². The number of nitrogens with one attached hydrogen (secondary N) is 1. The van der Waals surface area contributed by atoms with Gasteiger partial charge in [-0.05, 0) is 24.1 Å².